The number of likely N-dealkylation sites (N-methyl/N-ethyl adjacent to an activating group) is 1. The zero-order valence-corrected chi connectivity index (χ0v) is 12.7. The maximum Gasteiger partial charge on any atom is 0.238 e. The van der Waals surface area contributed by atoms with E-state index in [1.165, 1.54) is 0 Å². The van der Waals surface area contributed by atoms with E-state index in [1.54, 1.807) is 24.1 Å². The van der Waals surface area contributed by atoms with Gasteiger partial charge in [0, 0.05) is 6.04 Å². The summed E-state index contributed by atoms with van der Waals surface area (Å²) in [6, 6.07) is 3.40. The molecule has 0 aliphatic heterocycles. The summed E-state index contributed by atoms with van der Waals surface area (Å²) in [4.78, 5) is 13.7. The molecular formula is C13H18Cl2N2O2. The largest absolute Gasteiger partial charge is 0.395 e. The van der Waals surface area contributed by atoms with Crippen molar-refractivity contribution in [3.8, 4) is 0 Å². The molecular weight excluding hydrogens is 287 g/mol. The van der Waals surface area contributed by atoms with Crippen molar-refractivity contribution in [1.29, 1.82) is 0 Å². The Morgan fingerprint density at radius 3 is 2.68 bits per heavy atom. The molecule has 0 bridgehead atoms. The van der Waals surface area contributed by atoms with Crippen LogP contribution in [0.5, 0.6) is 0 Å². The van der Waals surface area contributed by atoms with Gasteiger partial charge in [-0.1, -0.05) is 29.3 Å². The van der Waals surface area contributed by atoms with Gasteiger partial charge in [0.15, 0.2) is 0 Å². The average Bonchev–Trinajstić information content (AvgIpc) is 2.38. The van der Waals surface area contributed by atoms with Crippen molar-refractivity contribution < 1.29 is 9.90 Å². The number of rotatable bonds is 5. The lowest BCUT2D eigenvalue weighted by molar-refractivity contribution is -0.117. The number of amides is 1. The Morgan fingerprint density at radius 2 is 2.11 bits per heavy atom. The first-order valence-electron chi connectivity index (χ1n) is 5.92. The molecule has 1 unspecified atom stereocenters. The lowest BCUT2D eigenvalue weighted by Crippen LogP contribution is -2.38. The minimum absolute atomic E-state index is 0.00423. The molecule has 0 saturated heterocycles. The molecule has 0 radical (unpaired) electrons. The number of nitrogens with zero attached hydrogens (tertiary/aromatic N) is 1. The van der Waals surface area contributed by atoms with Crippen LogP contribution in [0.3, 0.4) is 0 Å². The van der Waals surface area contributed by atoms with Crippen molar-refractivity contribution in [1.82, 2.24) is 4.90 Å². The van der Waals surface area contributed by atoms with E-state index >= 15 is 0 Å². The molecule has 1 amide bonds. The monoisotopic (exact) mass is 304 g/mol. The quantitative estimate of drug-likeness (QED) is 0.879. The molecule has 1 aromatic rings. The molecule has 1 atom stereocenters. The van der Waals surface area contributed by atoms with E-state index < -0.39 is 0 Å². The summed E-state index contributed by atoms with van der Waals surface area (Å²) in [5.41, 5.74) is 1.27. The van der Waals surface area contributed by atoms with Crippen LogP contribution in [-0.4, -0.2) is 42.2 Å². The van der Waals surface area contributed by atoms with Crippen LogP contribution in [0.2, 0.25) is 10.0 Å². The van der Waals surface area contributed by atoms with Gasteiger partial charge in [-0.25, -0.2) is 0 Å². The predicted octanol–water partition coefficient (Wildman–Crippen LogP) is 2.55. The third-order valence-corrected chi connectivity index (χ3v) is 3.76. The van der Waals surface area contributed by atoms with Crippen LogP contribution in [0.1, 0.15) is 12.5 Å². The van der Waals surface area contributed by atoms with Crippen molar-refractivity contribution >= 4 is 34.8 Å². The van der Waals surface area contributed by atoms with Gasteiger partial charge in [0.05, 0.1) is 28.9 Å². The third kappa shape index (κ3) is 4.35. The number of hydrogen-bond acceptors (Lipinski definition) is 3. The van der Waals surface area contributed by atoms with Crippen LogP contribution in [-0.2, 0) is 4.79 Å². The van der Waals surface area contributed by atoms with Crippen LogP contribution >= 0.6 is 23.2 Å². The fraction of sp³-hybridized carbons (Fsp3) is 0.462. The first kappa shape index (κ1) is 16.2. The Hall–Kier alpha value is -0.810. The fourth-order valence-corrected chi connectivity index (χ4v) is 1.94. The summed E-state index contributed by atoms with van der Waals surface area (Å²) in [5, 5.41) is 12.6. The molecule has 0 aliphatic rings. The van der Waals surface area contributed by atoms with E-state index in [4.69, 9.17) is 28.3 Å². The second-order valence-electron chi connectivity index (χ2n) is 4.55. The van der Waals surface area contributed by atoms with Crippen LogP contribution in [0, 0.1) is 6.92 Å². The van der Waals surface area contributed by atoms with Crippen molar-refractivity contribution in [2.45, 2.75) is 19.9 Å². The number of halogens is 2. The van der Waals surface area contributed by atoms with E-state index in [-0.39, 0.29) is 25.1 Å². The Balaban J connectivity index is 2.75. The molecule has 1 aromatic carbocycles. The van der Waals surface area contributed by atoms with Gasteiger partial charge in [0.2, 0.25) is 5.91 Å². The Bertz CT molecular complexity index is 466. The molecule has 0 spiro atoms. The number of aryl methyl sites for hydroxylation is 1. The number of carbonyl (C=O) groups is 1. The predicted molar refractivity (Wildman–Crippen MR) is 79.0 cm³/mol. The van der Waals surface area contributed by atoms with Crippen LogP contribution < -0.4 is 5.32 Å². The van der Waals surface area contributed by atoms with Gasteiger partial charge in [-0.05, 0) is 32.5 Å². The van der Waals surface area contributed by atoms with E-state index in [0.717, 1.165) is 5.56 Å². The smallest absolute Gasteiger partial charge is 0.238 e. The van der Waals surface area contributed by atoms with Gasteiger partial charge in [-0.3, -0.25) is 9.69 Å². The molecule has 6 heteroatoms. The van der Waals surface area contributed by atoms with E-state index in [1.807, 2.05) is 13.8 Å². The average molecular weight is 305 g/mol. The van der Waals surface area contributed by atoms with Crippen molar-refractivity contribution in [3.63, 3.8) is 0 Å². The first-order valence-corrected chi connectivity index (χ1v) is 6.68. The summed E-state index contributed by atoms with van der Waals surface area (Å²) in [6.07, 6.45) is 0. The summed E-state index contributed by atoms with van der Waals surface area (Å²) < 4.78 is 0. The third-order valence-electron chi connectivity index (χ3n) is 2.96. The zero-order chi connectivity index (χ0) is 14.6. The highest BCUT2D eigenvalue weighted by atomic mass is 35.5. The lowest BCUT2D eigenvalue weighted by Gasteiger charge is -2.22. The molecule has 106 valence electrons. The summed E-state index contributed by atoms with van der Waals surface area (Å²) in [6.45, 7) is 3.83. The number of benzene rings is 1. The summed E-state index contributed by atoms with van der Waals surface area (Å²) >= 11 is 12.1. The zero-order valence-electron chi connectivity index (χ0n) is 11.2. The SMILES string of the molecule is Cc1ccc(Cl)c(NC(=O)CN(C)C(C)CO)c1Cl. The van der Waals surface area contributed by atoms with Crippen molar-refractivity contribution in [2.24, 2.45) is 0 Å². The summed E-state index contributed by atoms with van der Waals surface area (Å²) in [7, 11) is 1.76. The minimum atomic E-state index is -0.225. The van der Waals surface area contributed by atoms with Crippen LogP contribution in [0.15, 0.2) is 12.1 Å². The fourth-order valence-electron chi connectivity index (χ4n) is 1.47. The summed E-state index contributed by atoms with van der Waals surface area (Å²) in [5.74, 6) is -0.225. The van der Waals surface area contributed by atoms with Crippen LogP contribution in [0.4, 0.5) is 5.69 Å². The van der Waals surface area contributed by atoms with Gasteiger partial charge in [-0.2, -0.15) is 0 Å². The standard InChI is InChI=1S/C13H18Cl2N2O2/c1-8-4-5-10(14)13(12(8)15)16-11(19)6-17(3)9(2)7-18/h4-5,9,18H,6-7H2,1-3H3,(H,16,19). The van der Waals surface area contributed by atoms with Gasteiger partial charge in [-0.15, -0.1) is 0 Å². The van der Waals surface area contributed by atoms with Gasteiger partial charge < -0.3 is 10.4 Å². The highest BCUT2D eigenvalue weighted by Crippen LogP contribution is 2.32. The molecule has 1 rings (SSSR count). The maximum atomic E-state index is 11.9. The van der Waals surface area contributed by atoms with Crippen LogP contribution in [0.25, 0.3) is 0 Å². The first-order chi connectivity index (χ1) is 8.86. The second-order valence-corrected chi connectivity index (χ2v) is 5.33. The highest BCUT2D eigenvalue weighted by Gasteiger charge is 2.15. The normalized spacial score (nSPS) is 12.6. The minimum Gasteiger partial charge on any atom is -0.395 e. The second kappa shape index (κ2) is 7.10. The maximum absolute atomic E-state index is 11.9. The Kier molecular flexibility index (Phi) is 6.07. The molecule has 0 aromatic heterocycles. The van der Waals surface area contributed by atoms with Crippen molar-refractivity contribution in [2.75, 3.05) is 25.5 Å². The van der Waals surface area contributed by atoms with E-state index in [2.05, 4.69) is 5.32 Å². The molecule has 4 nitrogen and oxygen atoms in total. The van der Waals surface area contributed by atoms with E-state index in [9.17, 15) is 4.79 Å². The van der Waals surface area contributed by atoms with Crippen molar-refractivity contribution in [3.05, 3.63) is 27.7 Å². The molecule has 0 saturated carbocycles. The number of hydrogen-bond donors (Lipinski definition) is 2. The lowest BCUT2D eigenvalue weighted by atomic mass is 10.2. The molecule has 0 aliphatic carbocycles. The number of anilines is 1. The topological polar surface area (TPSA) is 52.6 Å². The van der Waals surface area contributed by atoms with E-state index in [0.29, 0.717) is 15.7 Å². The van der Waals surface area contributed by atoms with Gasteiger partial charge >= 0.3 is 0 Å². The molecule has 0 heterocycles. The molecule has 2 N–H and O–H groups in total. The highest BCUT2D eigenvalue weighted by molar-refractivity contribution is 6.40. The molecule has 0 fully saturated rings. The van der Waals surface area contributed by atoms with Gasteiger partial charge in [0.25, 0.3) is 0 Å². The van der Waals surface area contributed by atoms with Gasteiger partial charge in [0.1, 0.15) is 0 Å². The Labute approximate surface area is 123 Å². The molecule has 19 heavy (non-hydrogen) atoms. The number of nitrogens with one attached hydrogen (secondary N) is 1. The number of carbonyl (C=O) groups excluding carboxylic acids is 1. The Morgan fingerprint density at radius 1 is 1.47 bits per heavy atom. The number of aliphatic hydroxyl groups excluding tert-OH is 1. The number of aliphatic hydroxyl groups is 1.